The summed E-state index contributed by atoms with van der Waals surface area (Å²) in [6.07, 6.45) is 2.52. The van der Waals surface area contributed by atoms with Crippen molar-refractivity contribution < 1.29 is 31.3 Å². The van der Waals surface area contributed by atoms with Crippen LogP contribution in [-0.4, -0.2) is 0 Å². The molecule has 1 rings (SSSR count). The minimum atomic E-state index is 0. The Kier molecular flexibility index (Phi) is 35.7. The normalized spacial score (nSPS) is 6.72. The molecule has 0 aliphatic heterocycles. The van der Waals surface area contributed by atoms with Crippen molar-refractivity contribution >= 4 is 0 Å². The second-order valence-corrected chi connectivity index (χ2v) is 3.42. The van der Waals surface area contributed by atoms with E-state index in [2.05, 4.69) is 64.1 Å². The van der Waals surface area contributed by atoms with Gasteiger partial charge in [0.15, 0.2) is 0 Å². The summed E-state index contributed by atoms with van der Waals surface area (Å²) < 4.78 is 22.5. The van der Waals surface area contributed by atoms with Crippen LogP contribution in [0.4, 0.5) is 0 Å². The summed E-state index contributed by atoms with van der Waals surface area (Å²) in [5, 5.41) is 0. The molecule has 0 spiro atoms. The Morgan fingerprint density at radius 3 is 1.61 bits per heavy atom. The zero-order valence-corrected chi connectivity index (χ0v) is 11.8. The SMILES string of the molecule is CC(C)CCc1ccccc1.[C-]#[O+].[C-]#[O+].[C-]#[O+].[Cr]. The van der Waals surface area contributed by atoms with E-state index >= 15 is 0 Å². The van der Waals surface area contributed by atoms with Crippen molar-refractivity contribution in [2.24, 2.45) is 5.92 Å². The van der Waals surface area contributed by atoms with E-state index in [9.17, 15) is 0 Å². The molecule has 0 N–H and O–H groups in total. The predicted octanol–water partition coefficient (Wildman–Crippen LogP) is 3.16. The zero-order chi connectivity index (χ0) is 14.1. The van der Waals surface area contributed by atoms with Crippen LogP contribution < -0.4 is 0 Å². The van der Waals surface area contributed by atoms with Gasteiger partial charge in [-0.1, -0.05) is 44.2 Å². The molecule has 0 atom stereocenters. The second kappa shape index (κ2) is 25.0. The molecule has 0 bridgehead atoms. The summed E-state index contributed by atoms with van der Waals surface area (Å²) in [6.45, 7) is 18.0. The number of benzene rings is 1. The smallest absolute Gasteiger partial charge is 0 e. The van der Waals surface area contributed by atoms with Crippen LogP contribution in [0, 0.1) is 25.9 Å². The molecule has 3 nitrogen and oxygen atoms in total. The van der Waals surface area contributed by atoms with Crippen molar-refractivity contribution in [2.75, 3.05) is 0 Å². The molecule has 0 amide bonds. The number of aryl methyl sites for hydroxylation is 1. The third-order valence-corrected chi connectivity index (χ3v) is 1.85. The Morgan fingerprint density at radius 1 is 0.889 bits per heavy atom. The van der Waals surface area contributed by atoms with Crippen molar-refractivity contribution in [3.8, 4) is 0 Å². The van der Waals surface area contributed by atoms with E-state index in [-0.39, 0.29) is 17.4 Å². The first-order valence-corrected chi connectivity index (χ1v) is 4.94. The molecule has 1 aromatic rings. The summed E-state index contributed by atoms with van der Waals surface area (Å²) in [4.78, 5) is 0. The van der Waals surface area contributed by atoms with Gasteiger partial charge in [-0.25, -0.2) is 0 Å². The van der Waals surface area contributed by atoms with Crippen LogP contribution in [0.5, 0.6) is 0 Å². The number of hydrogen-bond donors (Lipinski definition) is 0. The van der Waals surface area contributed by atoms with Gasteiger partial charge in [0.05, 0.1) is 0 Å². The van der Waals surface area contributed by atoms with Crippen molar-refractivity contribution in [3.05, 3.63) is 55.8 Å². The average Bonchev–Trinajstić information content (AvgIpc) is 2.44. The molecule has 0 radical (unpaired) electrons. The van der Waals surface area contributed by atoms with Crippen LogP contribution in [0.2, 0.25) is 0 Å². The molecule has 0 heterocycles. The van der Waals surface area contributed by atoms with Gasteiger partial charge in [-0.3, -0.25) is 0 Å². The maximum absolute atomic E-state index is 7.50. The molecule has 0 fully saturated rings. The topological polar surface area (TPSA) is 59.7 Å². The summed E-state index contributed by atoms with van der Waals surface area (Å²) in [7, 11) is 0. The van der Waals surface area contributed by atoms with Gasteiger partial charge in [0.25, 0.3) is 0 Å². The van der Waals surface area contributed by atoms with Gasteiger partial charge in [0.2, 0.25) is 0 Å². The Hall–Kier alpha value is -1.03. The minimum Gasteiger partial charge on any atom is 0 e. The number of rotatable bonds is 3. The maximum atomic E-state index is 7.50. The quantitative estimate of drug-likeness (QED) is 0.604. The Morgan fingerprint density at radius 2 is 1.28 bits per heavy atom. The van der Waals surface area contributed by atoms with E-state index in [0.29, 0.717) is 0 Å². The van der Waals surface area contributed by atoms with E-state index < -0.39 is 0 Å². The average molecular weight is 284 g/mol. The molecule has 18 heavy (non-hydrogen) atoms. The van der Waals surface area contributed by atoms with E-state index in [0.717, 1.165) is 5.92 Å². The Balaban J connectivity index is -0.000000123. The standard InChI is InChI=1S/C11H16.3CO.Cr/c1-10(2)8-9-11-6-4-3-5-7-11;3*1-2;/h3-7,10H,8-9H2,1-2H3;;;;. The van der Waals surface area contributed by atoms with Crippen molar-refractivity contribution in [3.63, 3.8) is 0 Å². The first kappa shape index (κ1) is 25.7. The van der Waals surface area contributed by atoms with Crippen LogP contribution in [0.25, 0.3) is 0 Å². The van der Waals surface area contributed by atoms with Crippen molar-refractivity contribution in [2.45, 2.75) is 26.7 Å². The molecule has 1 aromatic carbocycles. The molecule has 4 heteroatoms. The molecular formula is C14H16CrO3. The maximum Gasteiger partial charge on any atom is 0 e. The molecule has 0 aliphatic rings. The molecular weight excluding hydrogens is 268 g/mol. The summed E-state index contributed by atoms with van der Waals surface area (Å²) in [5.41, 5.74) is 1.46. The van der Waals surface area contributed by atoms with Crippen LogP contribution >= 0.6 is 0 Å². The number of hydrogen-bond acceptors (Lipinski definition) is 0. The van der Waals surface area contributed by atoms with Crippen LogP contribution in [-0.2, 0) is 37.7 Å². The molecule has 0 aliphatic carbocycles. The first-order chi connectivity index (χ1) is 8.29. The summed E-state index contributed by atoms with van der Waals surface area (Å²) >= 11 is 0. The third-order valence-electron chi connectivity index (χ3n) is 1.85. The molecule has 0 saturated heterocycles. The van der Waals surface area contributed by atoms with Crippen molar-refractivity contribution in [1.82, 2.24) is 0 Å². The predicted molar refractivity (Wildman–Crippen MR) is 61.4 cm³/mol. The van der Waals surface area contributed by atoms with E-state index in [1.807, 2.05) is 0 Å². The van der Waals surface area contributed by atoms with E-state index in [1.54, 1.807) is 0 Å². The fourth-order valence-electron chi connectivity index (χ4n) is 1.10. The first-order valence-electron chi connectivity index (χ1n) is 4.94. The molecule has 96 valence electrons. The third kappa shape index (κ3) is 20.4. The van der Waals surface area contributed by atoms with Gasteiger partial charge in [-0.15, -0.1) is 0 Å². The van der Waals surface area contributed by atoms with Gasteiger partial charge in [-0.2, -0.15) is 0 Å². The molecule has 0 unspecified atom stereocenters. The Bertz CT molecular complexity index is 288. The molecule has 0 saturated carbocycles. The van der Waals surface area contributed by atoms with Gasteiger partial charge >= 0.3 is 33.9 Å². The minimum absolute atomic E-state index is 0. The van der Waals surface area contributed by atoms with Gasteiger partial charge in [0.1, 0.15) is 0 Å². The second-order valence-electron chi connectivity index (χ2n) is 3.42. The van der Waals surface area contributed by atoms with Gasteiger partial charge < -0.3 is 0 Å². The largest absolute Gasteiger partial charge is 0 e. The van der Waals surface area contributed by atoms with E-state index in [1.165, 1.54) is 18.4 Å². The summed E-state index contributed by atoms with van der Waals surface area (Å²) in [6, 6.07) is 10.7. The Labute approximate surface area is 120 Å². The zero-order valence-electron chi connectivity index (χ0n) is 10.5. The van der Waals surface area contributed by atoms with Gasteiger partial charge in [-0.05, 0) is 24.3 Å². The fourth-order valence-corrected chi connectivity index (χ4v) is 1.10. The fraction of sp³-hybridized carbons (Fsp3) is 0.357. The summed E-state index contributed by atoms with van der Waals surface area (Å²) in [5.74, 6) is 0.815. The van der Waals surface area contributed by atoms with Crippen LogP contribution in [0.1, 0.15) is 25.8 Å². The molecule has 0 aromatic heterocycles. The van der Waals surface area contributed by atoms with Crippen molar-refractivity contribution in [1.29, 1.82) is 0 Å². The van der Waals surface area contributed by atoms with Crippen LogP contribution in [0.15, 0.2) is 30.3 Å². The van der Waals surface area contributed by atoms with E-state index in [4.69, 9.17) is 14.0 Å². The monoisotopic (exact) mass is 284 g/mol. The van der Waals surface area contributed by atoms with Gasteiger partial charge in [0, 0.05) is 17.4 Å². The van der Waals surface area contributed by atoms with Crippen LogP contribution in [0.3, 0.4) is 0 Å².